The Morgan fingerprint density at radius 1 is 1.39 bits per heavy atom. The van der Waals surface area contributed by atoms with Crippen LogP contribution in [0.15, 0.2) is 24.4 Å². The second-order valence-electron chi connectivity index (χ2n) is 4.95. The van der Waals surface area contributed by atoms with E-state index in [4.69, 9.17) is 5.73 Å². The molecule has 0 saturated heterocycles. The van der Waals surface area contributed by atoms with Gasteiger partial charge in [0, 0.05) is 18.7 Å². The largest absolute Gasteiger partial charge is 0.330 e. The lowest BCUT2D eigenvalue weighted by Crippen LogP contribution is -2.21. The maximum Gasteiger partial charge on any atom is 0.171 e. The van der Waals surface area contributed by atoms with Gasteiger partial charge >= 0.3 is 0 Å². The van der Waals surface area contributed by atoms with Gasteiger partial charge in [-0.1, -0.05) is 26.8 Å². The highest BCUT2D eigenvalue weighted by atomic mass is 16.1. The standard InChI is InChI=1S/C14H19N3O/c1-9(2)13-12(14(18)10(3)8-15)11-6-4-5-7-17(11)16-13/h4-7,9-10H,8,15H2,1-3H3. The van der Waals surface area contributed by atoms with Crippen molar-refractivity contribution >= 4 is 11.3 Å². The van der Waals surface area contributed by atoms with E-state index in [1.165, 1.54) is 0 Å². The number of ketones is 1. The number of carbonyl (C=O) groups is 1. The molecule has 0 amide bonds. The number of nitrogens with two attached hydrogens (primary N) is 1. The maximum atomic E-state index is 12.4. The fourth-order valence-electron chi connectivity index (χ4n) is 2.03. The van der Waals surface area contributed by atoms with Gasteiger partial charge in [0.15, 0.2) is 5.78 Å². The Morgan fingerprint density at radius 2 is 2.11 bits per heavy atom. The van der Waals surface area contributed by atoms with E-state index in [-0.39, 0.29) is 17.6 Å². The van der Waals surface area contributed by atoms with E-state index in [9.17, 15) is 4.79 Å². The van der Waals surface area contributed by atoms with Crippen LogP contribution in [-0.4, -0.2) is 21.9 Å². The Bertz CT molecular complexity index is 571. The van der Waals surface area contributed by atoms with Gasteiger partial charge in [-0.25, -0.2) is 4.52 Å². The molecule has 0 aromatic carbocycles. The van der Waals surface area contributed by atoms with Crippen molar-refractivity contribution in [3.63, 3.8) is 0 Å². The predicted molar refractivity (Wildman–Crippen MR) is 71.8 cm³/mol. The lowest BCUT2D eigenvalue weighted by Gasteiger charge is -2.09. The van der Waals surface area contributed by atoms with E-state index < -0.39 is 0 Å². The Labute approximate surface area is 107 Å². The molecule has 0 aliphatic carbocycles. The molecule has 0 spiro atoms. The molecule has 0 aliphatic rings. The summed E-state index contributed by atoms with van der Waals surface area (Å²) >= 11 is 0. The fraction of sp³-hybridized carbons (Fsp3) is 0.429. The average Bonchev–Trinajstić information content (AvgIpc) is 2.76. The number of nitrogens with zero attached hydrogens (tertiary/aromatic N) is 2. The summed E-state index contributed by atoms with van der Waals surface area (Å²) in [7, 11) is 0. The first-order chi connectivity index (χ1) is 8.56. The van der Waals surface area contributed by atoms with E-state index in [0.29, 0.717) is 6.54 Å². The third-order valence-corrected chi connectivity index (χ3v) is 3.16. The molecule has 2 rings (SSSR count). The van der Waals surface area contributed by atoms with Crippen LogP contribution in [0.25, 0.3) is 5.52 Å². The van der Waals surface area contributed by atoms with E-state index in [1.807, 2.05) is 45.2 Å². The summed E-state index contributed by atoms with van der Waals surface area (Å²) in [5.41, 5.74) is 8.05. The van der Waals surface area contributed by atoms with Crippen molar-refractivity contribution in [2.45, 2.75) is 26.7 Å². The summed E-state index contributed by atoms with van der Waals surface area (Å²) in [6.45, 7) is 6.32. The highest BCUT2D eigenvalue weighted by Gasteiger charge is 2.24. The van der Waals surface area contributed by atoms with Gasteiger partial charge in [0.1, 0.15) is 0 Å². The lowest BCUT2D eigenvalue weighted by atomic mass is 9.94. The number of aromatic nitrogens is 2. The molecular formula is C14H19N3O. The molecule has 2 aromatic heterocycles. The van der Waals surface area contributed by atoms with Gasteiger partial charge in [0.05, 0.1) is 16.8 Å². The van der Waals surface area contributed by atoms with Crippen molar-refractivity contribution in [3.05, 3.63) is 35.7 Å². The van der Waals surface area contributed by atoms with Crippen molar-refractivity contribution in [3.8, 4) is 0 Å². The predicted octanol–water partition coefficient (Wildman–Crippen LogP) is 2.24. The quantitative estimate of drug-likeness (QED) is 0.840. The van der Waals surface area contributed by atoms with Crippen molar-refractivity contribution in [1.82, 2.24) is 9.61 Å². The molecule has 0 radical (unpaired) electrons. The molecule has 4 nitrogen and oxygen atoms in total. The van der Waals surface area contributed by atoms with Gasteiger partial charge in [-0.05, 0) is 18.1 Å². The molecule has 0 saturated carbocycles. The van der Waals surface area contributed by atoms with Gasteiger partial charge in [-0.15, -0.1) is 0 Å². The number of hydrogen-bond acceptors (Lipinski definition) is 3. The summed E-state index contributed by atoms with van der Waals surface area (Å²) in [6, 6.07) is 5.76. The molecular weight excluding hydrogens is 226 g/mol. The Morgan fingerprint density at radius 3 is 2.72 bits per heavy atom. The van der Waals surface area contributed by atoms with Gasteiger partial charge in [0.25, 0.3) is 0 Å². The van der Waals surface area contributed by atoms with Gasteiger partial charge in [0.2, 0.25) is 0 Å². The maximum absolute atomic E-state index is 12.4. The highest BCUT2D eigenvalue weighted by molar-refractivity contribution is 6.05. The Hall–Kier alpha value is -1.68. The van der Waals surface area contributed by atoms with Gasteiger partial charge < -0.3 is 5.73 Å². The Kier molecular flexibility index (Phi) is 3.48. The van der Waals surface area contributed by atoms with Crippen LogP contribution in [0.5, 0.6) is 0 Å². The summed E-state index contributed by atoms with van der Waals surface area (Å²) in [4.78, 5) is 12.4. The van der Waals surface area contributed by atoms with Crippen LogP contribution in [0.4, 0.5) is 0 Å². The topological polar surface area (TPSA) is 60.4 Å². The molecule has 4 heteroatoms. The van der Waals surface area contributed by atoms with Crippen LogP contribution in [-0.2, 0) is 0 Å². The minimum atomic E-state index is -0.171. The normalized spacial score (nSPS) is 13.2. The zero-order valence-corrected chi connectivity index (χ0v) is 11.1. The van der Waals surface area contributed by atoms with Crippen LogP contribution < -0.4 is 5.73 Å². The molecule has 0 bridgehead atoms. The van der Waals surface area contributed by atoms with Gasteiger partial charge in [-0.3, -0.25) is 4.79 Å². The lowest BCUT2D eigenvalue weighted by molar-refractivity contribution is 0.0934. The van der Waals surface area contributed by atoms with Crippen molar-refractivity contribution in [2.75, 3.05) is 6.54 Å². The average molecular weight is 245 g/mol. The molecule has 1 unspecified atom stereocenters. The van der Waals surface area contributed by atoms with Crippen LogP contribution in [0.2, 0.25) is 0 Å². The third-order valence-electron chi connectivity index (χ3n) is 3.16. The van der Waals surface area contributed by atoms with E-state index in [1.54, 1.807) is 4.52 Å². The Balaban J connectivity index is 2.65. The molecule has 0 aliphatic heterocycles. The number of hydrogen-bond donors (Lipinski definition) is 1. The first-order valence-corrected chi connectivity index (χ1v) is 6.27. The smallest absolute Gasteiger partial charge is 0.171 e. The van der Waals surface area contributed by atoms with Crippen molar-refractivity contribution in [2.24, 2.45) is 11.7 Å². The second kappa shape index (κ2) is 4.90. The first-order valence-electron chi connectivity index (χ1n) is 6.27. The number of Topliss-reactive ketones (excluding diaryl/α,β-unsaturated/α-hetero) is 1. The monoisotopic (exact) mass is 245 g/mol. The molecule has 1 atom stereocenters. The summed E-state index contributed by atoms with van der Waals surface area (Å²) in [5.74, 6) is 0.131. The molecule has 0 fully saturated rings. The molecule has 18 heavy (non-hydrogen) atoms. The van der Waals surface area contributed by atoms with Crippen LogP contribution in [0.1, 0.15) is 42.7 Å². The third kappa shape index (κ3) is 2.04. The number of fused-ring (bicyclic) bond motifs is 1. The summed E-state index contributed by atoms with van der Waals surface area (Å²) in [5, 5.41) is 4.50. The van der Waals surface area contributed by atoms with Crippen molar-refractivity contribution in [1.29, 1.82) is 0 Å². The molecule has 2 N–H and O–H groups in total. The van der Waals surface area contributed by atoms with Crippen LogP contribution in [0, 0.1) is 5.92 Å². The van der Waals surface area contributed by atoms with Gasteiger partial charge in [-0.2, -0.15) is 5.10 Å². The van der Waals surface area contributed by atoms with E-state index in [0.717, 1.165) is 16.8 Å². The SMILES string of the molecule is CC(CN)C(=O)c1c(C(C)C)nn2ccccc12. The number of carbonyl (C=O) groups excluding carboxylic acids is 1. The first kappa shape index (κ1) is 12.8. The minimum Gasteiger partial charge on any atom is -0.330 e. The molecule has 2 heterocycles. The van der Waals surface area contributed by atoms with Crippen molar-refractivity contribution < 1.29 is 4.79 Å². The number of pyridine rings is 1. The van der Waals surface area contributed by atoms with E-state index in [2.05, 4.69) is 5.10 Å². The number of rotatable bonds is 4. The molecule has 96 valence electrons. The zero-order chi connectivity index (χ0) is 13.3. The summed E-state index contributed by atoms with van der Waals surface area (Å²) in [6.07, 6.45) is 1.87. The second-order valence-corrected chi connectivity index (χ2v) is 4.95. The van der Waals surface area contributed by atoms with Crippen LogP contribution in [0.3, 0.4) is 0 Å². The van der Waals surface area contributed by atoms with E-state index >= 15 is 0 Å². The highest BCUT2D eigenvalue weighted by Crippen LogP contribution is 2.25. The van der Waals surface area contributed by atoms with Crippen LogP contribution >= 0.6 is 0 Å². The summed E-state index contributed by atoms with van der Waals surface area (Å²) < 4.78 is 1.77. The fourth-order valence-corrected chi connectivity index (χ4v) is 2.03. The minimum absolute atomic E-state index is 0.0856. The zero-order valence-electron chi connectivity index (χ0n) is 11.1. The molecule has 2 aromatic rings.